The lowest BCUT2D eigenvalue weighted by Crippen LogP contribution is -2.42. The van der Waals surface area contributed by atoms with Gasteiger partial charge in [0.2, 0.25) is 5.91 Å². The molecular formula is C23H26FN3O3. The maximum Gasteiger partial charge on any atom is 0.254 e. The predicted molar refractivity (Wildman–Crippen MR) is 111 cm³/mol. The Kier molecular flexibility index (Phi) is 6.28. The van der Waals surface area contributed by atoms with Crippen molar-refractivity contribution in [2.24, 2.45) is 0 Å². The fourth-order valence-electron chi connectivity index (χ4n) is 3.99. The molecule has 2 aliphatic rings. The summed E-state index contributed by atoms with van der Waals surface area (Å²) in [6.07, 6.45) is 1.54. The molecule has 0 aliphatic carbocycles. The standard InChI is InChI=1S/C23H26FN3O3/c24-19-7-3-6-18(13-19)23(29)27-10-4-9-26(11-12-27)16-22(28)25-15-20-14-17-5-1-2-8-21(17)30-20/h1-3,5-8,13,20H,4,9-12,14-16H2,(H,25,28). The summed E-state index contributed by atoms with van der Waals surface area (Å²) in [5, 5.41) is 2.97. The smallest absolute Gasteiger partial charge is 0.254 e. The minimum absolute atomic E-state index is 0.0325. The number of hydrogen-bond donors (Lipinski definition) is 1. The molecule has 7 heteroatoms. The number of rotatable bonds is 5. The van der Waals surface area contributed by atoms with Crippen molar-refractivity contribution < 1.29 is 18.7 Å². The fourth-order valence-corrected chi connectivity index (χ4v) is 3.99. The van der Waals surface area contributed by atoms with E-state index < -0.39 is 5.82 Å². The summed E-state index contributed by atoms with van der Waals surface area (Å²) >= 11 is 0. The van der Waals surface area contributed by atoms with Crippen LogP contribution >= 0.6 is 0 Å². The van der Waals surface area contributed by atoms with Crippen molar-refractivity contribution in [2.75, 3.05) is 39.3 Å². The van der Waals surface area contributed by atoms with Gasteiger partial charge in [-0.3, -0.25) is 14.5 Å². The average molecular weight is 411 g/mol. The molecule has 1 fully saturated rings. The SMILES string of the molecule is O=C(CN1CCCN(C(=O)c2cccc(F)c2)CC1)NCC1Cc2ccccc2O1. The highest BCUT2D eigenvalue weighted by molar-refractivity contribution is 5.94. The van der Waals surface area contributed by atoms with Crippen LogP contribution in [0.1, 0.15) is 22.3 Å². The van der Waals surface area contributed by atoms with E-state index in [1.807, 2.05) is 24.3 Å². The Labute approximate surface area is 175 Å². The molecule has 2 aromatic rings. The number of carbonyl (C=O) groups is 2. The van der Waals surface area contributed by atoms with Crippen LogP contribution in [0.3, 0.4) is 0 Å². The first kappa shape index (κ1) is 20.3. The Morgan fingerprint density at radius 1 is 1.07 bits per heavy atom. The maximum absolute atomic E-state index is 13.4. The number of amides is 2. The third kappa shape index (κ3) is 4.97. The summed E-state index contributed by atoms with van der Waals surface area (Å²) in [4.78, 5) is 28.8. The lowest BCUT2D eigenvalue weighted by Gasteiger charge is -2.22. The van der Waals surface area contributed by atoms with E-state index in [1.165, 1.54) is 17.7 Å². The van der Waals surface area contributed by atoms with Gasteiger partial charge in [0.05, 0.1) is 13.1 Å². The highest BCUT2D eigenvalue weighted by Gasteiger charge is 2.24. The molecular weight excluding hydrogens is 385 g/mol. The topological polar surface area (TPSA) is 61.9 Å². The van der Waals surface area contributed by atoms with Crippen molar-refractivity contribution in [3.63, 3.8) is 0 Å². The van der Waals surface area contributed by atoms with E-state index in [4.69, 9.17) is 4.74 Å². The Morgan fingerprint density at radius 2 is 1.93 bits per heavy atom. The van der Waals surface area contributed by atoms with Crippen LogP contribution in [-0.4, -0.2) is 67.0 Å². The molecule has 158 valence electrons. The maximum atomic E-state index is 13.4. The molecule has 6 nitrogen and oxygen atoms in total. The van der Waals surface area contributed by atoms with Crippen molar-refractivity contribution in [1.82, 2.24) is 15.1 Å². The van der Waals surface area contributed by atoms with Gasteiger partial charge in [-0.15, -0.1) is 0 Å². The Bertz CT molecular complexity index is 895. The van der Waals surface area contributed by atoms with Gasteiger partial charge in [-0.05, 0) is 36.2 Å². The highest BCUT2D eigenvalue weighted by atomic mass is 19.1. The van der Waals surface area contributed by atoms with E-state index in [9.17, 15) is 14.0 Å². The first-order valence-electron chi connectivity index (χ1n) is 10.4. The number of carbonyl (C=O) groups excluding carboxylic acids is 2. The Morgan fingerprint density at radius 3 is 2.77 bits per heavy atom. The first-order chi connectivity index (χ1) is 14.6. The second-order valence-corrected chi connectivity index (χ2v) is 7.79. The molecule has 1 unspecified atom stereocenters. The summed E-state index contributed by atoms with van der Waals surface area (Å²) in [5.41, 5.74) is 1.53. The van der Waals surface area contributed by atoms with E-state index in [0.717, 1.165) is 25.1 Å². The lowest BCUT2D eigenvalue weighted by molar-refractivity contribution is -0.122. The molecule has 2 aliphatic heterocycles. The van der Waals surface area contributed by atoms with Gasteiger partial charge >= 0.3 is 0 Å². The monoisotopic (exact) mass is 411 g/mol. The van der Waals surface area contributed by atoms with Crippen LogP contribution in [0.15, 0.2) is 48.5 Å². The fraction of sp³-hybridized carbons (Fsp3) is 0.391. The van der Waals surface area contributed by atoms with Crippen LogP contribution in [0.5, 0.6) is 5.75 Å². The largest absolute Gasteiger partial charge is 0.488 e. The molecule has 1 saturated heterocycles. The molecule has 2 amide bonds. The molecule has 2 aromatic carbocycles. The van der Waals surface area contributed by atoms with Crippen LogP contribution in [0.4, 0.5) is 4.39 Å². The van der Waals surface area contributed by atoms with Crippen molar-refractivity contribution in [3.8, 4) is 5.75 Å². The van der Waals surface area contributed by atoms with Gasteiger partial charge < -0.3 is 15.0 Å². The van der Waals surface area contributed by atoms with Gasteiger partial charge in [-0.1, -0.05) is 24.3 Å². The van der Waals surface area contributed by atoms with Gasteiger partial charge in [0.15, 0.2) is 0 Å². The molecule has 0 saturated carbocycles. The predicted octanol–water partition coefficient (Wildman–Crippen LogP) is 2.09. The molecule has 4 rings (SSSR count). The third-order valence-corrected chi connectivity index (χ3v) is 5.56. The van der Waals surface area contributed by atoms with Crippen molar-refractivity contribution in [3.05, 3.63) is 65.5 Å². The van der Waals surface area contributed by atoms with E-state index >= 15 is 0 Å². The van der Waals surface area contributed by atoms with E-state index in [0.29, 0.717) is 38.3 Å². The third-order valence-electron chi connectivity index (χ3n) is 5.56. The summed E-state index contributed by atoms with van der Waals surface area (Å²) in [6, 6.07) is 13.7. The molecule has 2 heterocycles. The molecule has 0 spiro atoms. The van der Waals surface area contributed by atoms with Crippen molar-refractivity contribution in [2.45, 2.75) is 18.9 Å². The quantitative estimate of drug-likeness (QED) is 0.819. The minimum atomic E-state index is -0.414. The van der Waals surface area contributed by atoms with Crippen LogP contribution in [-0.2, 0) is 11.2 Å². The van der Waals surface area contributed by atoms with Crippen molar-refractivity contribution in [1.29, 1.82) is 0 Å². The second-order valence-electron chi connectivity index (χ2n) is 7.79. The van der Waals surface area contributed by atoms with E-state index in [1.54, 1.807) is 17.0 Å². The molecule has 0 aromatic heterocycles. The summed E-state index contributed by atoms with van der Waals surface area (Å²) in [5.74, 6) is 0.272. The van der Waals surface area contributed by atoms with E-state index in [2.05, 4.69) is 10.2 Å². The van der Waals surface area contributed by atoms with E-state index in [-0.39, 0.29) is 17.9 Å². The average Bonchev–Trinajstić information content (AvgIpc) is 3.03. The number of para-hydroxylation sites is 1. The Hall–Kier alpha value is -2.93. The number of halogens is 1. The van der Waals surface area contributed by atoms with Gasteiger partial charge in [-0.25, -0.2) is 4.39 Å². The zero-order valence-electron chi connectivity index (χ0n) is 16.9. The second kappa shape index (κ2) is 9.26. The number of nitrogens with one attached hydrogen (secondary N) is 1. The minimum Gasteiger partial charge on any atom is -0.488 e. The van der Waals surface area contributed by atoms with Crippen LogP contribution in [0.25, 0.3) is 0 Å². The first-order valence-corrected chi connectivity index (χ1v) is 10.4. The molecule has 0 radical (unpaired) electrons. The highest BCUT2D eigenvalue weighted by Crippen LogP contribution is 2.27. The normalized spacial score (nSPS) is 19.0. The van der Waals surface area contributed by atoms with Gasteiger partial charge in [0.25, 0.3) is 5.91 Å². The van der Waals surface area contributed by atoms with Crippen molar-refractivity contribution >= 4 is 11.8 Å². The summed E-state index contributed by atoms with van der Waals surface area (Å²) in [6.45, 7) is 3.24. The Balaban J connectivity index is 1.22. The number of hydrogen-bond acceptors (Lipinski definition) is 4. The molecule has 1 N–H and O–H groups in total. The zero-order valence-corrected chi connectivity index (χ0v) is 16.9. The molecule has 30 heavy (non-hydrogen) atoms. The van der Waals surface area contributed by atoms with Crippen LogP contribution < -0.4 is 10.1 Å². The molecule has 0 bridgehead atoms. The van der Waals surface area contributed by atoms with Gasteiger partial charge in [0.1, 0.15) is 17.7 Å². The van der Waals surface area contributed by atoms with Crippen LogP contribution in [0, 0.1) is 5.82 Å². The van der Waals surface area contributed by atoms with Gasteiger partial charge in [-0.2, -0.15) is 0 Å². The number of benzene rings is 2. The van der Waals surface area contributed by atoms with Gasteiger partial charge in [0, 0.05) is 38.2 Å². The molecule has 1 atom stereocenters. The number of fused-ring (bicyclic) bond motifs is 1. The number of ether oxygens (including phenoxy) is 1. The van der Waals surface area contributed by atoms with Crippen LogP contribution in [0.2, 0.25) is 0 Å². The summed E-state index contributed by atoms with van der Waals surface area (Å²) < 4.78 is 19.3. The summed E-state index contributed by atoms with van der Waals surface area (Å²) in [7, 11) is 0. The number of nitrogens with zero attached hydrogens (tertiary/aromatic N) is 2. The lowest BCUT2D eigenvalue weighted by atomic mass is 10.1. The zero-order chi connectivity index (χ0) is 20.9.